The molecule has 6 heteroatoms. The first-order chi connectivity index (χ1) is 7.08. The number of carbonyl (C=O) groups is 1. The van der Waals surface area contributed by atoms with Crippen molar-refractivity contribution < 1.29 is 9.90 Å². The molecule has 0 aliphatic heterocycles. The van der Waals surface area contributed by atoms with Crippen molar-refractivity contribution in [2.75, 3.05) is 5.32 Å². The molecule has 0 atom stereocenters. The summed E-state index contributed by atoms with van der Waals surface area (Å²) in [6, 6.07) is 1.69. The van der Waals surface area contributed by atoms with Crippen LogP contribution in [-0.2, 0) is 7.05 Å². The standard InChI is InChI=1S/C9H8BrN3O2/c1-13-4-6(10)5-2-8(12-9(14)15)11-3-7(5)13/h2-4H,1H3,(H,11,12)(H,14,15). The van der Waals surface area contributed by atoms with E-state index in [9.17, 15) is 4.79 Å². The van der Waals surface area contributed by atoms with Gasteiger partial charge in [0.2, 0.25) is 0 Å². The van der Waals surface area contributed by atoms with Crippen LogP contribution in [-0.4, -0.2) is 20.8 Å². The minimum Gasteiger partial charge on any atom is -0.465 e. The van der Waals surface area contributed by atoms with Crippen LogP contribution < -0.4 is 5.32 Å². The number of aromatic nitrogens is 2. The monoisotopic (exact) mass is 269 g/mol. The van der Waals surface area contributed by atoms with E-state index in [1.165, 1.54) is 0 Å². The Morgan fingerprint density at radius 1 is 1.67 bits per heavy atom. The molecule has 2 aromatic heterocycles. The maximum Gasteiger partial charge on any atom is 0.410 e. The Morgan fingerprint density at radius 2 is 2.40 bits per heavy atom. The van der Waals surface area contributed by atoms with Gasteiger partial charge in [0.05, 0.1) is 11.7 Å². The quantitative estimate of drug-likeness (QED) is 0.836. The third-order valence-electron chi connectivity index (χ3n) is 2.06. The van der Waals surface area contributed by atoms with Crippen molar-refractivity contribution in [3.63, 3.8) is 0 Å². The van der Waals surface area contributed by atoms with E-state index in [2.05, 4.69) is 26.2 Å². The molecule has 0 saturated heterocycles. The second-order valence-corrected chi connectivity index (χ2v) is 3.96. The highest BCUT2D eigenvalue weighted by atomic mass is 79.9. The molecule has 0 spiro atoms. The van der Waals surface area contributed by atoms with Crippen molar-refractivity contribution in [3.05, 3.63) is 22.9 Å². The van der Waals surface area contributed by atoms with Crippen LogP contribution >= 0.6 is 15.9 Å². The number of nitrogens with one attached hydrogen (secondary N) is 1. The molecular weight excluding hydrogens is 262 g/mol. The van der Waals surface area contributed by atoms with Crippen LogP contribution in [0.15, 0.2) is 22.9 Å². The highest BCUT2D eigenvalue weighted by molar-refractivity contribution is 9.10. The SMILES string of the molecule is Cn1cc(Br)c2cc(NC(=O)O)ncc21. The Balaban J connectivity index is 2.55. The van der Waals surface area contributed by atoms with E-state index in [0.29, 0.717) is 5.82 Å². The molecule has 2 rings (SSSR count). The summed E-state index contributed by atoms with van der Waals surface area (Å²) in [6.07, 6.45) is 2.41. The van der Waals surface area contributed by atoms with E-state index in [1.807, 2.05) is 17.8 Å². The highest BCUT2D eigenvalue weighted by Gasteiger charge is 2.07. The number of fused-ring (bicyclic) bond motifs is 1. The second-order valence-electron chi connectivity index (χ2n) is 3.10. The van der Waals surface area contributed by atoms with Gasteiger partial charge in [0.25, 0.3) is 0 Å². The van der Waals surface area contributed by atoms with Gasteiger partial charge in [0, 0.05) is 23.1 Å². The Kier molecular flexibility index (Phi) is 2.36. The number of amides is 1. The minimum atomic E-state index is -1.12. The number of hydrogen-bond donors (Lipinski definition) is 2. The van der Waals surface area contributed by atoms with Crippen molar-refractivity contribution in [2.24, 2.45) is 7.05 Å². The fourth-order valence-corrected chi connectivity index (χ4v) is 2.03. The topological polar surface area (TPSA) is 67.2 Å². The Bertz CT molecular complexity index is 535. The average molecular weight is 270 g/mol. The molecule has 5 nitrogen and oxygen atoms in total. The lowest BCUT2D eigenvalue weighted by Crippen LogP contribution is -2.08. The fraction of sp³-hybridized carbons (Fsp3) is 0.111. The van der Waals surface area contributed by atoms with Crippen molar-refractivity contribution >= 4 is 38.7 Å². The molecule has 0 radical (unpaired) electrons. The molecule has 0 saturated carbocycles. The molecule has 2 heterocycles. The van der Waals surface area contributed by atoms with Gasteiger partial charge in [0.15, 0.2) is 0 Å². The van der Waals surface area contributed by atoms with Gasteiger partial charge in [-0.15, -0.1) is 0 Å². The van der Waals surface area contributed by atoms with E-state index in [4.69, 9.17) is 5.11 Å². The number of carboxylic acid groups (broad SMARTS) is 1. The first kappa shape index (κ1) is 9.97. The van der Waals surface area contributed by atoms with E-state index in [0.717, 1.165) is 15.4 Å². The van der Waals surface area contributed by atoms with Gasteiger partial charge in [-0.3, -0.25) is 5.32 Å². The molecule has 0 aliphatic rings. The molecule has 0 aliphatic carbocycles. The van der Waals surface area contributed by atoms with Gasteiger partial charge in [-0.1, -0.05) is 0 Å². The largest absolute Gasteiger partial charge is 0.465 e. The number of halogens is 1. The summed E-state index contributed by atoms with van der Waals surface area (Å²) >= 11 is 3.39. The van der Waals surface area contributed by atoms with Crippen LogP contribution in [0.2, 0.25) is 0 Å². The zero-order valence-electron chi connectivity index (χ0n) is 7.86. The summed E-state index contributed by atoms with van der Waals surface area (Å²) < 4.78 is 2.83. The molecule has 0 aromatic carbocycles. The van der Waals surface area contributed by atoms with Crippen LogP contribution in [0.25, 0.3) is 10.9 Å². The number of anilines is 1. The first-order valence-corrected chi connectivity index (χ1v) is 4.98. The van der Waals surface area contributed by atoms with Crippen LogP contribution in [0.5, 0.6) is 0 Å². The van der Waals surface area contributed by atoms with Crippen molar-refractivity contribution in [3.8, 4) is 0 Å². The minimum absolute atomic E-state index is 0.321. The maximum absolute atomic E-state index is 10.4. The van der Waals surface area contributed by atoms with Crippen LogP contribution in [0.4, 0.5) is 10.6 Å². The van der Waals surface area contributed by atoms with Crippen molar-refractivity contribution in [1.82, 2.24) is 9.55 Å². The zero-order valence-corrected chi connectivity index (χ0v) is 9.45. The van der Waals surface area contributed by atoms with E-state index in [-0.39, 0.29) is 0 Å². The Morgan fingerprint density at radius 3 is 3.07 bits per heavy atom. The lowest BCUT2D eigenvalue weighted by molar-refractivity contribution is 0.209. The number of rotatable bonds is 1. The number of hydrogen-bond acceptors (Lipinski definition) is 2. The molecule has 0 fully saturated rings. The maximum atomic E-state index is 10.4. The summed E-state index contributed by atoms with van der Waals surface area (Å²) in [5.74, 6) is 0.321. The van der Waals surface area contributed by atoms with Crippen molar-refractivity contribution in [1.29, 1.82) is 0 Å². The van der Waals surface area contributed by atoms with Crippen molar-refractivity contribution in [2.45, 2.75) is 0 Å². The smallest absolute Gasteiger partial charge is 0.410 e. The molecule has 2 aromatic rings. The third kappa shape index (κ3) is 1.80. The molecular formula is C9H8BrN3O2. The van der Waals surface area contributed by atoms with E-state index in [1.54, 1.807) is 12.3 Å². The van der Waals surface area contributed by atoms with Crippen LogP contribution in [0.3, 0.4) is 0 Å². The van der Waals surface area contributed by atoms with Gasteiger partial charge >= 0.3 is 6.09 Å². The van der Waals surface area contributed by atoms with Gasteiger partial charge in [-0.25, -0.2) is 9.78 Å². The summed E-state index contributed by atoms with van der Waals surface area (Å²) in [5, 5.41) is 11.7. The predicted molar refractivity (Wildman–Crippen MR) is 60.1 cm³/mol. The summed E-state index contributed by atoms with van der Waals surface area (Å²) in [7, 11) is 1.90. The highest BCUT2D eigenvalue weighted by Crippen LogP contribution is 2.26. The number of pyridine rings is 1. The predicted octanol–water partition coefficient (Wildman–Crippen LogP) is 2.43. The molecule has 78 valence electrons. The molecule has 0 bridgehead atoms. The summed E-state index contributed by atoms with van der Waals surface area (Å²) in [6.45, 7) is 0. The molecule has 0 unspecified atom stereocenters. The van der Waals surface area contributed by atoms with Gasteiger partial charge in [-0.2, -0.15) is 0 Å². The Labute approximate surface area is 93.9 Å². The summed E-state index contributed by atoms with van der Waals surface area (Å²) in [5.41, 5.74) is 0.942. The molecule has 1 amide bonds. The van der Waals surface area contributed by atoms with Gasteiger partial charge < -0.3 is 9.67 Å². The van der Waals surface area contributed by atoms with E-state index < -0.39 is 6.09 Å². The normalized spacial score (nSPS) is 10.5. The lowest BCUT2D eigenvalue weighted by atomic mass is 10.3. The molecule has 15 heavy (non-hydrogen) atoms. The van der Waals surface area contributed by atoms with Crippen LogP contribution in [0, 0.1) is 0 Å². The fourth-order valence-electron chi connectivity index (χ4n) is 1.41. The first-order valence-electron chi connectivity index (χ1n) is 4.18. The summed E-state index contributed by atoms with van der Waals surface area (Å²) in [4.78, 5) is 14.4. The average Bonchev–Trinajstić information content (AvgIpc) is 2.41. The number of aryl methyl sites for hydroxylation is 1. The Hall–Kier alpha value is -1.56. The van der Waals surface area contributed by atoms with E-state index >= 15 is 0 Å². The third-order valence-corrected chi connectivity index (χ3v) is 2.69. The second kappa shape index (κ2) is 3.54. The molecule has 2 N–H and O–H groups in total. The van der Waals surface area contributed by atoms with Gasteiger partial charge in [0.1, 0.15) is 5.82 Å². The van der Waals surface area contributed by atoms with Gasteiger partial charge in [-0.05, 0) is 22.0 Å². The number of nitrogens with zero attached hydrogens (tertiary/aromatic N) is 2. The zero-order chi connectivity index (χ0) is 11.0. The lowest BCUT2D eigenvalue weighted by Gasteiger charge is -2.00. The van der Waals surface area contributed by atoms with Crippen LogP contribution in [0.1, 0.15) is 0 Å².